The zero-order valence-corrected chi connectivity index (χ0v) is 16.1. The average molecular weight is 426 g/mol. The van der Waals surface area contributed by atoms with Crippen LogP contribution >= 0.6 is 0 Å². The molecule has 1 aromatic heterocycles. The second kappa shape index (κ2) is 9.67. The SMILES string of the molecule is N#C/C(=C/c1ccc(COc2cccc(C(F)(F)F)c2)o1)C(=O)NCc1ccccc1. The third kappa shape index (κ3) is 6.24. The zero-order chi connectivity index (χ0) is 22.3. The first-order chi connectivity index (χ1) is 14.8. The maximum Gasteiger partial charge on any atom is 0.416 e. The fraction of sp³-hybridized carbons (Fsp3) is 0.130. The van der Waals surface area contributed by atoms with E-state index in [-0.39, 0.29) is 30.2 Å². The summed E-state index contributed by atoms with van der Waals surface area (Å²) in [5, 5.41) is 11.9. The molecule has 0 bridgehead atoms. The Morgan fingerprint density at radius 1 is 1.10 bits per heavy atom. The zero-order valence-electron chi connectivity index (χ0n) is 16.1. The molecule has 0 aliphatic heterocycles. The molecule has 0 fully saturated rings. The predicted molar refractivity (Wildman–Crippen MR) is 106 cm³/mol. The van der Waals surface area contributed by atoms with Gasteiger partial charge in [0.25, 0.3) is 5.91 Å². The van der Waals surface area contributed by atoms with E-state index >= 15 is 0 Å². The van der Waals surface area contributed by atoms with Crippen molar-refractivity contribution < 1.29 is 27.1 Å². The largest absolute Gasteiger partial charge is 0.486 e. The van der Waals surface area contributed by atoms with Gasteiger partial charge in [-0.15, -0.1) is 0 Å². The lowest BCUT2D eigenvalue weighted by Crippen LogP contribution is -2.23. The highest BCUT2D eigenvalue weighted by Crippen LogP contribution is 2.31. The van der Waals surface area contributed by atoms with Gasteiger partial charge >= 0.3 is 6.18 Å². The van der Waals surface area contributed by atoms with Gasteiger partial charge in [0.2, 0.25) is 0 Å². The van der Waals surface area contributed by atoms with Crippen LogP contribution in [0.15, 0.2) is 76.7 Å². The average Bonchev–Trinajstić information content (AvgIpc) is 3.22. The van der Waals surface area contributed by atoms with Crippen molar-refractivity contribution in [3.63, 3.8) is 0 Å². The Labute approximate surface area is 176 Å². The van der Waals surface area contributed by atoms with Gasteiger partial charge in [0.15, 0.2) is 0 Å². The molecular weight excluding hydrogens is 409 g/mol. The van der Waals surface area contributed by atoms with Crippen molar-refractivity contribution in [3.05, 3.63) is 95.0 Å². The Bertz CT molecular complexity index is 1110. The lowest BCUT2D eigenvalue weighted by atomic mass is 10.2. The smallest absolute Gasteiger partial charge is 0.416 e. The minimum absolute atomic E-state index is 0.0429. The van der Waals surface area contributed by atoms with E-state index in [1.165, 1.54) is 24.3 Å². The number of benzene rings is 2. The number of nitrogens with zero attached hydrogens (tertiary/aromatic N) is 1. The van der Waals surface area contributed by atoms with Gasteiger partial charge in [0.1, 0.15) is 35.5 Å². The van der Waals surface area contributed by atoms with Gasteiger partial charge in [-0.2, -0.15) is 18.4 Å². The highest BCUT2D eigenvalue weighted by atomic mass is 19.4. The van der Waals surface area contributed by atoms with Crippen molar-refractivity contribution in [3.8, 4) is 11.8 Å². The van der Waals surface area contributed by atoms with Crippen LogP contribution in [0, 0.1) is 11.3 Å². The van der Waals surface area contributed by atoms with E-state index in [1.54, 1.807) is 6.07 Å². The first-order valence-electron chi connectivity index (χ1n) is 9.18. The fourth-order valence-corrected chi connectivity index (χ4v) is 2.63. The van der Waals surface area contributed by atoms with Crippen LogP contribution in [0.5, 0.6) is 5.75 Å². The second-order valence-corrected chi connectivity index (χ2v) is 6.46. The number of nitrogens with one attached hydrogen (secondary N) is 1. The van der Waals surface area contributed by atoms with E-state index in [9.17, 15) is 23.2 Å². The Balaban J connectivity index is 1.60. The molecule has 0 saturated carbocycles. The number of carbonyl (C=O) groups is 1. The normalized spacial score (nSPS) is 11.6. The third-order valence-corrected chi connectivity index (χ3v) is 4.17. The van der Waals surface area contributed by atoms with E-state index < -0.39 is 17.6 Å². The number of nitriles is 1. The molecule has 3 rings (SSSR count). The second-order valence-electron chi connectivity index (χ2n) is 6.46. The van der Waals surface area contributed by atoms with E-state index in [0.717, 1.165) is 17.7 Å². The van der Waals surface area contributed by atoms with E-state index in [1.807, 2.05) is 36.4 Å². The monoisotopic (exact) mass is 426 g/mol. The maximum absolute atomic E-state index is 12.8. The summed E-state index contributed by atoms with van der Waals surface area (Å²) >= 11 is 0. The molecule has 0 aliphatic rings. The number of amides is 1. The Morgan fingerprint density at radius 3 is 2.58 bits per heavy atom. The van der Waals surface area contributed by atoms with Crippen LogP contribution in [0.1, 0.15) is 22.6 Å². The summed E-state index contributed by atoms with van der Waals surface area (Å²) in [4.78, 5) is 12.2. The molecule has 1 amide bonds. The molecule has 8 heteroatoms. The summed E-state index contributed by atoms with van der Waals surface area (Å²) < 4.78 is 49.1. The highest BCUT2D eigenvalue weighted by molar-refractivity contribution is 6.01. The first-order valence-corrected chi connectivity index (χ1v) is 9.18. The van der Waals surface area contributed by atoms with Gasteiger partial charge in [0, 0.05) is 12.6 Å². The van der Waals surface area contributed by atoms with E-state index in [2.05, 4.69) is 5.32 Å². The van der Waals surface area contributed by atoms with Crippen molar-refractivity contribution in [2.75, 3.05) is 0 Å². The summed E-state index contributed by atoms with van der Waals surface area (Å²) in [6.07, 6.45) is -3.18. The number of carbonyl (C=O) groups excluding carboxylic acids is 1. The van der Waals surface area contributed by atoms with Crippen molar-refractivity contribution in [1.29, 1.82) is 5.26 Å². The fourth-order valence-electron chi connectivity index (χ4n) is 2.63. The molecule has 1 heterocycles. The molecule has 2 aromatic carbocycles. The van der Waals surface area contributed by atoms with Gasteiger partial charge in [-0.3, -0.25) is 4.79 Å². The van der Waals surface area contributed by atoms with Gasteiger partial charge < -0.3 is 14.5 Å². The number of hydrogen-bond acceptors (Lipinski definition) is 4. The Morgan fingerprint density at radius 2 is 1.87 bits per heavy atom. The molecule has 3 aromatic rings. The van der Waals surface area contributed by atoms with Crippen LogP contribution in [-0.4, -0.2) is 5.91 Å². The summed E-state index contributed by atoms with van der Waals surface area (Å²) in [5.74, 6) is 0.0607. The first kappa shape index (κ1) is 21.7. The molecule has 158 valence electrons. The van der Waals surface area contributed by atoms with Gasteiger partial charge in [0.05, 0.1) is 5.56 Å². The number of furan rings is 1. The number of hydrogen-bond donors (Lipinski definition) is 1. The van der Waals surface area contributed by atoms with Crippen molar-refractivity contribution in [2.45, 2.75) is 19.3 Å². The van der Waals surface area contributed by atoms with Gasteiger partial charge in [-0.05, 0) is 35.9 Å². The van der Waals surface area contributed by atoms with Crippen molar-refractivity contribution in [1.82, 2.24) is 5.32 Å². The lowest BCUT2D eigenvalue weighted by molar-refractivity contribution is -0.137. The quantitative estimate of drug-likeness (QED) is 0.421. The summed E-state index contributed by atoms with van der Waals surface area (Å²) in [6.45, 7) is 0.157. The molecule has 1 N–H and O–H groups in total. The maximum atomic E-state index is 12.8. The molecule has 31 heavy (non-hydrogen) atoms. The summed E-state index contributed by atoms with van der Waals surface area (Å²) in [5.41, 5.74) is -0.0657. The summed E-state index contributed by atoms with van der Waals surface area (Å²) in [6, 6.07) is 18.7. The minimum atomic E-state index is -4.46. The summed E-state index contributed by atoms with van der Waals surface area (Å²) in [7, 11) is 0. The molecule has 0 spiro atoms. The Kier molecular flexibility index (Phi) is 6.78. The standard InChI is InChI=1S/C23H17F3N2O3/c24-23(25,26)18-7-4-8-19(12-18)30-15-21-10-9-20(31-21)11-17(13-27)22(29)28-14-16-5-2-1-3-6-16/h1-12H,14-15H2,(H,28,29)/b17-11-. The van der Waals surface area contributed by atoms with Crippen LogP contribution in [0.25, 0.3) is 6.08 Å². The third-order valence-electron chi connectivity index (χ3n) is 4.17. The highest BCUT2D eigenvalue weighted by Gasteiger charge is 2.30. The molecule has 0 radical (unpaired) electrons. The van der Waals surface area contributed by atoms with Crippen molar-refractivity contribution >= 4 is 12.0 Å². The number of ether oxygens (including phenoxy) is 1. The van der Waals surface area contributed by atoms with Gasteiger partial charge in [-0.1, -0.05) is 36.4 Å². The molecule has 0 unspecified atom stereocenters. The van der Waals surface area contributed by atoms with Crippen LogP contribution in [0.4, 0.5) is 13.2 Å². The molecule has 5 nitrogen and oxygen atoms in total. The van der Waals surface area contributed by atoms with Crippen molar-refractivity contribution in [2.24, 2.45) is 0 Å². The Hall–Kier alpha value is -3.99. The van der Waals surface area contributed by atoms with Crippen LogP contribution in [-0.2, 0) is 24.1 Å². The van der Waals surface area contributed by atoms with Crippen LogP contribution in [0.3, 0.4) is 0 Å². The van der Waals surface area contributed by atoms with Crippen LogP contribution < -0.4 is 10.1 Å². The number of rotatable bonds is 7. The van der Waals surface area contributed by atoms with Crippen LogP contribution in [0.2, 0.25) is 0 Å². The topological polar surface area (TPSA) is 75.3 Å². The molecular formula is C23H17F3N2O3. The molecule has 0 atom stereocenters. The number of halogens is 3. The van der Waals surface area contributed by atoms with E-state index in [0.29, 0.717) is 5.76 Å². The molecule has 0 aliphatic carbocycles. The van der Waals surface area contributed by atoms with E-state index in [4.69, 9.17) is 9.15 Å². The lowest BCUT2D eigenvalue weighted by Gasteiger charge is -2.09. The van der Waals surface area contributed by atoms with Gasteiger partial charge in [-0.25, -0.2) is 0 Å². The predicted octanol–water partition coefficient (Wildman–Crippen LogP) is 5.10. The molecule has 0 saturated heterocycles. The minimum Gasteiger partial charge on any atom is -0.486 e. The number of alkyl halides is 3.